The van der Waals surface area contributed by atoms with Gasteiger partial charge in [-0.05, 0) is 43.1 Å². The highest BCUT2D eigenvalue weighted by molar-refractivity contribution is 7.16. The second-order valence-electron chi connectivity index (χ2n) is 6.34. The van der Waals surface area contributed by atoms with E-state index in [0.29, 0.717) is 22.3 Å². The van der Waals surface area contributed by atoms with Crippen molar-refractivity contribution in [3.63, 3.8) is 0 Å². The van der Waals surface area contributed by atoms with Crippen molar-refractivity contribution in [1.29, 1.82) is 0 Å². The van der Waals surface area contributed by atoms with E-state index >= 15 is 0 Å². The van der Waals surface area contributed by atoms with Gasteiger partial charge in [-0.2, -0.15) is 0 Å². The summed E-state index contributed by atoms with van der Waals surface area (Å²) in [5.74, 6) is -0.536. The van der Waals surface area contributed by atoms with Gasteiger partial charge in [0.1, 0.15) is 0 Å². The molecule has 1 fully saturated rings. The third-order valence-electron chi connectivity index (χ3n) is 4.85. The standard InChI is InChI=1S/C18H19N3O2S/c19-17(22)15-7-8-16(24-15)18(23)21-11-13-5-3-9-20(13)10-12-4-1-2-6-14(12)21/h1-2,4,6-8,13H,3,5,9-11H2,(H2,19,22). The van der Waals surface area contributed by atoms with Crippen molar-refractivity contribution >= 4 is 28.8 Å². The molecular formula is C18H19N3O2S. The molecule has 1 aromatic heterocycles. The molecule has 1 unspecified atom stereocenters. The van der Waals surface area contributed by atoms with Gasteiger partial charge >= 0.3 is 0 Å². The highest BCUT2D eigenvalue weighted by atomic mass is 32.1. The summed E-state index contributed by atoms with van der Waals surface area (Å²) in [5.41, 5.74) is 7.48. The van der Waals surface area contributed by atoms with Crippen LogP contribution in [0.5, 0.6) is 0 Å². The molecule has 3 heterocycles. The minimum Gasteiger partial charge on any atom is -0.365 e. The number of carbonyl (C=O) groups is 2. The second kappa shape index (κ2) is 6.03. The van der Waals surface area contributed by atoms with Gasteiger partial charge in [-0.1, -0.05) is 18.2 Å². The SMILES string of the molecule is NC(=O)c1ccc(C(=O)N2CC3CCCN3Cc3ccccc32)s1. The lowest BCUT2D eigenvalue weighted by Crippen LogP contribution is -2.40. The number of hydrogen-bond acceptors (Lipinski definition) is 4. The molecule has 0 spiro atoms. The lowest BCUT2D eigenvalue weighted by atomic mass is 10.1. The summed E-state index contributed by atoms with van der Waals surface area (Å²) in [4.78, 5) is 29.7. The molecule has 4 rings (SSSR count). The van der Waals surface area contributed by atoms with E-state index in [2.05, 4.69) is 11.0 Å². The zero-order valence-corrected chi connectivity index (χ0v) is 14.1. The molecule has 2 N–H and O–H groups in total. The van der Waals surface area contributed by atoms with Gasteiger partial charge in [-0.3, -0.25) is 14.5 Å². The van der Waals surface area contributed by atoms with E-state index in [1.54, 1.807) is 12.1 Å². The number of anilines is 1. The van der Waals surface area contributed by atoms with Crippen LogP contribution in [0.2, 0.25) is 0 Å². The number of hydrogen-bond donors (Lipinski definition) is 1. The van der Waals surface area contributed by atoms with Crippen LogP contribution in [0.15, 0.2) is 36.4 Å². The van der Waals surface area contributed by atoms with Gasteiger partial charge in [0.05, 0.1) is 9.75 Å². The van der Waals surface area contributed by atoms with Crippen molar-refractivity contribution in [2.45, 2.75) is 25.4 Å². The molecule has 2 amide bonds. The van der Waals surface area contributed by atoms with Gasteiger partial charge in [0.2, 0.25) is 0 Å². The molecular weight excluding hydrogens is 322 g/mol. The molecule has 0 radical (unpaired) electrons. The van der Waals surface area contributed by atoms with Crippen LogP contribution < -0.4 is 10.6 Å². The number of primary amides is 1. The fourth-order valence-corrected chi connectivity index (χ4v) is 4.46. The summed E-state index contributed by atoms with van der Waals surface area (Å²) < 4.78 is 0. The number of rotatable bonds is 2. The molecule has 24 heavy (non-hydrogen) atoms. The lowest BCUT2D eigenvalue weighted by Gasteiger charge is -2.26. The average Bonchev–Trinajstić information content (AvgIpc) is 3.20. The van der Waals surface area contributed by atoms with Crippen LogP contribution in [0.25, 0.3) is 0 Å². The highest BCUT2D eigenvalue weighted by Crippen LogP contribution is 2.33. The largest absolute Gasteiger partial charge is 0.365 e. The fourth-order valence-electron chi connectivity index (χ4n) is 3.66. The third kappa shape index (κ3) is 2.61. The zero-order chi connectivity index (χ0) is 16.7. The summed E-state index contributed by atoms with van der Waals surface area (Å²) in [6, 6.07) is 11.8. The predicted molar refractivity (Wildman–Crippen MR) is 94.4 cm³/mol. The fraction of sp³-hybridized carbons (Fsp3) is 0.333. The maximum atomic E-state index is 13.1. The number of amides is 2. The van der Waals surface area contributed by atoms with Crippen LogP contribution in [0.1, 0.15) is 37.7 Å². The Kier molecular flexibility index (Phi) is 3.86. The summed E-state index contributed by atoms with van der Waals surface area (Å²) in [6.45, 7) is 2.67. The molecule has 0 saturated carbocycles. The predicted octanol–water partition coefficient (Wildman–Crippen LogP) is 2.47. The van der Waals surface area contributed by atoms with Crippen molar-refractivity contribution in [3.8, 4) is 0 Å². The number of thiophene rings is 1. The smallest absolute Gasteiger partial charge is 0.268 e. The molecule has 1 atom stereocenters. The van der Waals surface area contributed by atoms with E-state index in [1.807, 2.05) is 23.1 Å². The topological polar surface area (TPSA) is 66.6 Å². The highest BCUT2D eigenvalue weighted by Gasteiger charge is 2.34. The Morgan fingerprint density at radius 1 is 1.12 bits per heavy atom. The molecule has 0 bridgehead atoms. The Morgan fingerprint density at radius 3 is 2.71 bits per heavy atom. The van der Waals surface area contributed by atoms with Crippen molar-refractivity contribution in [2.75, 3.05) is 18.0 Å². The van der Waals surface area contributed by atoms with Crippen LogP contribution in [0, 0.1) is 0 Å². The summed E-state index contributed by atoms with van der Waals surface area (Å²) in [6.07, 6.45) is 2.30. The molecule has 5 nitrogen and oxygen atoms in total. The first-order chi connectivity index (χ1) is 11.6. The van der Waals surface area contributed by atoms with Gasteiger partial charge < -0.3 is 10.6 Å². The summed E-state index contributed by atoms with van der Waals surface area (Å²) in [7, 11) is 0. The molecule has 1 aromatic carbocycles. The molecule has 0 aliphatic carbocycles. The van der Waals surface area contributed by atoms with Crippen LogP contribution >= 0.6 is 11.3 Å². The van der Waals surface area contributed by atoms with Crippen LogP contribution in [0.4, 0.5) is 5.69 Å². The summed E-state index contributed by atoms with van der Waals surface area (Å²) in [5, 5.41) is 0. The molecule has 2 aromatic rings. The van der Waals surface area contributed by atoms with E-state index < -0.39 is 5.91 Å². The van der Waals surface area contributed by atoms with E-state index in [4.69, 9.17) is 5.73 Å². The first kappa shape index (κ1) is 15.4. The monoisotopic (exact) mass is 341 g/mol. The van der Waals surface area contributed by atoms with Crippen molar-refractivity contribution < 1.29 is 9.59 Å². The first-order valence-electron chi connectivity index (χ1n) is 8.17. The van der Waals surface area contributed by atoms with Gasteiger partial charge in [0.15, 0.2) is 0 Å². The van der Waals surface area contributed by atoms with Crippen molar-refractivity contribution in [3.05, 3.63) is 51.7 Å². The Labute approximate surface area is 144 Å². The molecule has 6 heteroatoms. The average molecular weight is 341 g/mol. The van der Waals surface area contributed by atoms with Gasteiger partial charge in [-0.15, -0.1) is 11.3 Å². The number of fused-ring (bicyclic) bond motifs is 2. The van der Waals surface area contributed by atoms with Crippen LogP contribution in [-0.2, 0) is 6.54 Å². The van der Waals surface area contributed by atoms with Gasteiger partial charge in [0.25, 0.3) is 11.8 Å². The second-order valence-corrected chi connectivity index (χ2v) is 7.42. The van der Waals surface area contributed by atoms with Crippen LogP contribution in [0.3, 0.4) is 0 Å². The molecule has 124 valence electrons. The molecule has 2 aliphatic heterocycles. The number of nitrogens with two attached hydrogens (primary N) is 1. The number of benzene rings is 1. The van der Waals surface area contributed by atoms with Crippen molar-refractivity contribution in [2.24, 2.45) is 5.73 Å². The maximum absolute atomic E-state index is 13.1. The number of para-hydroxylation sites is 1. The van der Waals surface area contributed by atoms with E-state index in [1.165, 1.54) is 23.3 Å². The van der Waals surface area contributed by atoms with Gasteiger partial charge in [0, 0.05) is 24.8 Å². The van der Waals surface area contributed by atoms with E-state index in [-0.39, 0.29) is 5.91 Å². The zero-order valence-electron chi connectivity index (χ0n) is 13.3. The Hall–Kier alpha value is -2.18. The number of carbonyl (C=O) groups excluding carboxylic acids is 2. The Balaban J connectivity index is 1.71. The lowest BCUT2D eigenvalue weighted by molar-refractivity contribution is 0.0982. The molecule has 1 saturated heterocycles. The van der Waals surface area contributed by atoms with E-state index in [0.717, 1.165) is 25.2 Å². The van der Waals surface area contributed by atoms with E-state index in [9.17, 15) is 9.59 Å². The minimum absolute atomic E-state index is 0.0475. The Morgan fingerprint density at radius 2 is 1.92 bits per heavy atom. The maximum Gasteiger partial charge on any atom is 0.268 e. The van der Waals surface area contributed by atoms with Crippen molar-refractivity contribution in [1.82, 2.24) is 4.90 Å². The normalized spacial score (nSPS) is 20.3. The van der Waals surface area contributed by atoms with Crippen LogP contribution in [-0.4, -0.2) is 35.8 Å². The summed E-state index contributed by atoms with van der Waals surface area (Å²) >= 11 is 1.17. The Bertz CT molecular complexity index is 801. The first-order valence-corrected chi connectivity index (χ1v) is 8.98. The minimum atomic E-state index is -0.489. The van der Waals surface area contributed by atoms with Gasteiger partial charge in [-0.25, -0.2) is 0 Å². The number of nitrogens with zero attached hydrogens (tertiary/aromatic N) is 2. The molecule has 2 aliphatic rings. The third-order valence-corrected chi connectivity index (χ3v) is 5.94. The quantitative estimate of drug-likeness (QED) is 0.912.